The van der Waals surface area contributed by atoms with Gasteiger partial charge in [0.05, 0.1) is 12.6 Å². The van der Waals surface area contributed by atoms with E-state index >= 15 is 0 Å². The number of hydrogen-bond acceptors (Lipinski definition) is 3. The van der Waals surface area contributed by atoms with Crippen LogP contribution in [0.3, 0.4) is 0 Å². The molecular formula is C11H20N2O2. The summed E-state index contributed by atoms with van der Waals surface area (Å²) in [5, 5.41) is 12.4. The van der Waals surface area contributed by atoms with Crippen molar-refractivity contribution in [2.45, 2.75) is 19.4 Å². The van der Waals surface area contributed by atoms with Gasteiger partial charge in [-0.2, -0.15) is 0 Å². The van der Waals surface area contributed by atoms with Crippen LogP contribution >= 0.6 is 0 Å². The van der Waals surface area contributed by atoms with Crippen LogP contribution in [0.5, 0.6) is 0 Å². The van der Waals surface area contributed by atoms with E-state index in [-0.39, 0.29) is 17.9 Å². The van der Waals surface area contributed by atoms with Crippen LogP contribution in [0.1, 0.15) is 13.3 Å². The van der Waals surface area contributed by atoms with Gasteiger partial charge in [-0.1, -0.05) is 6.08 Å². The lowest BCUT2D eigenvalue weighted by Crippen LogP contribution is -2.37. The molecule has 1 amide bonds. The smallest absolute Gasteiger partial charge is 0.236 e. The van der Waals surface area contributed by atoms with E-state index in [1.807, 2.05) is 4.90 Å². The van der Waals surface area contributed by atoms with Crippen molar-refractivity contribution in [2.75, 3.05) is 26.2 Å². The SMILES string of the molecule is C=CCNCC(=O)N1CCC(C(C)O)C1. The summed E-state index contributed by atoms with van der Waals surface area (Å²) in [6, 6.07) is 0. The number of carbonyl (C=O) groups excluding carboxylic acids is 1. The van der Waals surface area contributed by atoms with Crippen molar-refractivity contribution in [2.24, 2.45) is 5.92 Å². The normalized spacial score (nSPS) is 22.8. The molecule has 4 nitrogen and oxygen atoms in total. The van der Waals surface area contributed by atoms with E-state index in [0.29, 0.717) is 19.6 Å². The van der Waals surface area contributed by atoms with E-state index < -0.39 is 0 Å². The number of nitrogens with one attached hydrogen (secondary N) is 1. The summed E-state index contributed by atoms with van der Waals surface area (Å²) in [6.07, 6.45) is 2.32. The second-order valence-electron chi connectivity index (χ2n) is 4.05. The van der Waals surface area contributed by atoms with Gasteiger partial charge in [-0.05, 0) is 13.3 Å². The zero-order valence-corrected chi connectivity index (χ0v) is 9.28. The minimum Gasteiger partial charge on any atom is -0.393 e. The fourth-order valence-corrected chi connectivity index (χ4v) is 1.80. The van der Waals surface area contributed by atoms with Crippen LogP contribution in [0.15, 0.2) is 12.7 Å². The molecule has 1 saturated heterocycles. The van der Waals surface area contributed by atoms with E-state index in [9.17, 15) is 9.90 Å². The topological polar surface area (TPSA) is 52.6 Å². The zero-order valence-electron chi connectivity index (χ0n) is 9.28. The van der Waals surface area contributed by atoms with Gasteiger partial charge >= 0.3 is 0 Å². The van der Waals surface area contributed by atoms with Crippen LogP contribution in [0, 0.1) is 5.92 Å². The summed E-state index contributed by atoms with van der Waals surface area (Å²) in [7, 11) is 0. The quantitative estimate of drug-likeness (QED) is 0.498. The van der Waals surface area contributed by atoms with Crippen LogP contribution in [-0.4, -0.2) is 48.2 Å². The van der Waals surface area contributed by atoms with Crippen LogP contribution < -0.4 is 5.32 Å². The van der Waals surface area contributed by atoms with Gasteiger partial charge in [-0.15, -0.1) is 6.58 Å². The molecule has 1 heterocycles. The molecule has 0 saturated carbocycles. The average Bonchev–Trinajstić information content (AvgIpc) is 2.66. The lowest BCUT2D eigenvalue weighted by atomic mass is 10.0. The summed E-state index contributed by atoms with van der Waals surface area (Å²) in [4.78, 5) is 13.4. The van der Waals surface area contributed by atoms with E-state index in [2.05, 4.69) is 11.9 Å². The highest BCUT2D eigenvalue weighted by Gasteiger charge is 2.28. The van der Waals surface area contributed by atoms with E-state index in [1.165, 1.54) is 0 Å². The molecule has 1 aliphatic rings. The molecule has 2 N–H and O–H groups in total. The Balaban J connectivity index is 2.27. The van der Waals surface area contributed by atoms with E-state index in [4.69, 9.17) is 0 Å². The molecule has 86 valence electrons. The van der Waals surface area contributed by atoms with Crippen molar-refractivity contribution in [1.29, 1.82) is 0 Å². The number of aliphatic hydroxyl groups excluding tert-OH is 1. The molecule has 1 rings (SSSR count). The van der Waals surface area contributed by atoms with Crippen molar-refractivity contribution in [1.82, 2.24) is 10.2 Å². The highest BCUT2D eigenvalue weighted by atomic mass is 16.3. The molecule has 0 aliphatic carbocycles. The zero-order chi connectivity index (χ0) is 11.3. The van der Waals surface area contributed by atoms with E-state index in [1.54, 1.807) is 13.0 Å². The number of carbonyl (C=O) groups is 1. The third-order valence-corrected chi connectivity index (χ3v) is 2.82. The molecular weight excluding hydrogens is 192 g/mol. The van der Waals surface area contributed by atoms with E-state index in [0.717, 1.165) is 13.0 Å². The first kappa shape index (κ1) is 12.2. The first-order chi connectivity index (χ1) is 7.15. The second-order valence-corrected chi connectivity index (χ2v) is 4.05. The number of nitrogens with zero attached hydrogens (tertiary/aromatic N) is 1. The molecule has 0 aromatic carbocycles. The predicted molar refractivity (Wildman–Crippen MR) is 59.4 cm³/mol. The molecule has 2 atom stereocenters. The predicted octanol–water partition coefficient (Wildman–Crippen LogP) is -0.00870. The van der Waals surface area contributed by atoms with Crippen LogP contribution in [0.25, 0.3) is 0 Å². The maximum atomic E-state index is 11.6. The first-order valence-electron chi connectivity index (χ1n) is 5.42. The number of aliphatic hydroxyl groups is 1. The molecule has 1 fully saturated rings. The Morgan fingerprint density at radius 3 is 3.07 bits per heavy atom. The van der Waals surface area contributed by atoms with Gasteiger partial charge < -0.3 is 15.3 Å². The van der Waals surface area contributed by atoms with Crippen LogP contribution in [0.2, 0.25) is 0 Å². The average molecular weight is 212 g/mol. The molecule has 2 unspecified atom stereocenters. The Labute approximate surface area is 91.0 Å². The van der Waals surface area contributed by atoms with Crippen molar-refractivity contribution in [3.63, 3.8) is 0 Å². The Hall–Kier alpha value is -0.870. The Morgan fingerprint density at radius 2 is 2.53 bits per heavy atom. The third-order valence-electron chi connectivity index (χ3n) is 2.82. The summed E-state index contributed by atoms with van der Waals surface area (Å²) in [6.45, 7) is 7.82. The number of rotatable bonds is 5. The van der Waals surface area contributed by atoms with Gasteiger partial charge in [0.2, 0.25) is 5.91 Å². The second kappa shape index (κ2) is 5.88. The highest BCUT2D eigenvalue weighted by Crippen LogP contribution is 2.19. The van der Waals surface area contributed by atoms with Gasteiger partial charge in [0.1, 0.15) is 0 Å². The first-order valence-corrected chi connectivity index (χ1v) is 5.42. The van der Waals surface area contributed by atoms with Gasteiger partial charge in [-0.3, -0.25) is 4.79 Å². The van der Waals surface area contributed by atoms with Gasteiger partial charge in [-0.25, -0.2) is 0 Å². The highest BCUT2D eigenvalue weighted by molar-refractivity contribution is 5.78. The molecule has 1 aliphatic heterocycles. The van der Waals surface area contributed by atoms with Crippen LogP contribution in [-0.2, 0) is 4.79 Å². The minimum atomic E-state index is -0.316. The molecule has 0 aromatic rings. The summed E-state index contributed by atoms with van der Waals surface area (Å²) >= 11 is 0. The largest absolute Gasteiger partial charge is 0.393 e. The molecule has 0 radical (unpaired) electrons. The fourth-order valence-electron chi connectivity index (χ4n) is 1.80. The number of amides is 1. The maximum absolute atomic E-state index is 11.6. The fraction of sp³-hybridized carbons (Fsp3) is 0.727. The van der Waals surface area contributed by atoms with Gasteiger partial charge in [0, 0.05) is 25.6 Å². The van der Waals surface area contributed by atoms with Gasteiger partial charge in [0.25, 0.3) is 0 Å². The van der Waals surface area contributed by atoms with Crippen molar-refractivity contribution >= 4 is 5.91 Å². The molecule has 0 spiro atoms. The molecule has 0 bridgehead atoms. The molecule has 4 heteroatoms. The Morgan fingerprint density at radius 1 is 1.80 bits per heavy atom. The van der Waals surface area contributed by atoms with Crippen molar-refractivity contribution in [3.8, 4) is 0 Å². The number of likely N-dealkylation sites (tertiary alicyclic amines) is 1. The van der Waals surface area contributed by atoms with Crippen LogP contribution in [0.4, 0.5) is 0 Å². The van der Waals surface area contributed by atoms with Crippen molar-refractivity contribution in [3.05, 3.63) is 12.7 Å². The Kier molecular flexibility index (Phi) is 4.78. The lowest BCUT2D eigenvalue weighted by molar-refractivity contribution is -0.129. The maximum Gasteiger partial charge on any atom is 0.236 e. The standard InChI is InChI=1S/C11H20N2O2/c1-3-5-12-7-11(15)13-6-4-10(8-13)9(2)14/h3,9-10,12,14H,1,4-8H2,2H3. The summed E-state index contributed by atoms with van der Waals surface area (Å²) in [5.74, 6) is 0.355. The van der Waals surface area contributed by atoms with Gasteiger partial charge in [0.15, 0.2) is 0 Å². The molecule has 0 aromatic heterocycles. The third kappa shape index (κ3) is 3.64. The summed E-state index contributed by atoms with van der Waals surface area (Å²) < 4.78 is 0. The number of hydrogen-bond donors (Lipinski definition) is 2. The Bertz CT molecular complexity index is 229. The monoisotopic (exact) mass is 212 g/mol. The summed E-state index contributed by atoms with van der Waals surface area (Å²) in [5.41, 5.74) is 0. The van der Waals surface area contributed by atoms with Crippen molar-refractivity contribution < 1.29 is 9.90 Å². The lowest BCUT2D eigenvalue weighted by Gasteiger charge is -2.17. The molecule has 15 heavy (non-hydrogen) atoms. The minimum absolute atomic E-state index is 0.111.